The standard InChI is InChI=1S/C4H6F3NO2/c1-10-2(3(8)9)4(5,6)7/h2H,1H3,(H2,8,9). The van der Waals surface area contributed by atoms with Crippen LogP contribution in [0.25, 0.3) is 0 Å². The maximum Gasteiger partial charge on any atom is 0.423 e. The van der Waals surface area contributed by atoms with Crippen LogP contribution in [0.2, 0.25) is 0 Å². The Morgan fingerprint density at radius 2 is 2.00 bits per heavy atom. The summed E-state index contributed by atoms with van der Waals surface area (Å²) in [6.07, 6.45) is -7.20. The van der Waals surface area contributed by atoms with Gasteiger partial charge in [-0.1, -0.05) is 0 Å². The van der Waals surface area contributed by atoms with Crippen LogP contribution in [0.5, 0.6) is 0 Å². The number of carbonyl (C=O) groups is 1. The van der Waals surface area contributed by atoms with E-state index in [-0.39, 0.29) is 0 Å². The van der Waals surface area contributed by atoms with Crippen molar-refractivity contribution in [1.29, 1.82) is 0 Å². The van der Waals surface area contributed by atoms with Gasteiger partial charge < -0.3 is 10.5 Å². The van der Waals surface area contributed by atoms with Crippen LogP contribution in [0.15, 0.2) is 0 Å². The van der Waals surface area contributed by atoms with Crippen molar-refractivity contribution < 1.29 is 22.7 Å². The Balaban J connectivity index is 4.22. The maximum atomic E-state index is 11.5. The molecule has 0 rings (SSSR count). The summed E-state index contributed by atoms with van der Waals surface area (Å²) in [5.41, 5.74) is 4.35. The largest absolute Gasteiger partial charge is 0.423 e. The fourth-order valence-corrected chi connectivity index (χ4v) is 0.411. The average molecular weight is 157 g/mol. The molecule has 1 unspecified atom stereocenters. The van der Waals surface area contributed by atoms with E-state index >= 15 is 0 Å². The zero-order valence-electron chi connectivity index (χ0n) is 5.11. The second-order valence-electron chi connectivity index (χ2n) is 1.56. The van der Waals surface area contributed by atoms with Gasteiger partial charge >= 0.3 is 6.18 Å². The minimum Gasteiger partial charge on any atom is -0.367 e. The molecule has 0 aromatic heterocycles. The van der Waals surface area contributed by atoms with Gasteiger partial charge in [0, 0.05) is 7.11 Å². The van der Waals surface area contributed by atoms with Crippen molar-refractivity contribution in [3.8, 4) is 0 Å². The van der Waals surface area contributed by atoms with Crippen LogP contribution in [0.1, 0.15) is 0 Å². The number of nitrogens with two attached hydrogens (primary N) is 1. The third-order valence-corrected chi connectivity index (χ3v) is 0.791. The first kappa shape index (κ1) is 9.22. The monoisotopic (exact) mass is 157 g/mol. The lowest BCUT2D eigenvalue weighted by molar-refractivity contribution is -0.210. The van der Waals surface area contributed by atoms with Gasteiger partial charge in [-0.15, -0.1) is 0 Å². The Bertz CT molecular complexity index is 133. The lowest BCUT2D eigenvalue weighted by atomic mass is 10.3. The van der Waals surface area contributed by atoms with Crippen LogP contribution in [0, 0.1) is 0 Å². The second-order valence-corrected chi connectivity index (χ2v) is 1.56. The van der Waals surface area contributed by atoms with E-state index in [4.69, 9.17) is 0 Å². The van der Waals surface area contributed by atoms with Crippen molar-refractivity contribution in [1.82, 2.24) is 0 Å². The molecule has 2 N–H and O–H groups in total. The third kappa shape index (κ3) is 2.22. The molecular weight excluding hydrogens is 151 g/mol. The summed E-state index contributed by atoms with van der Waals surface area (Å²) in [6.45, 7) is 0. The molecule has 0 radical (unpaired) electrons. The Labute approximate surface area is 54.9 Å². The van der Waals surface area contributed by atoms with Gasteiger partial charge in [-0.05, 0) is 0 Å². The molecule has 0 aliphatic carbocycles. The fraction of sp³-hybridized carbons (Fsp3) is 0.750. The van der Waals surface area contributed by atoms with E-state index in [2.05, 4.69) is 10.5 Å². The van der Waals surface area contributed by atoms with Crippen LogP contribution in [-0.2, 0) is 9.53 Å². The lowest BCUT2D eigenvalue weighted by Crippen LogP contribution is -2.42. The maximum absolute atomic E-state index is 11.5. The summed E-state index contributed by atoms with van der Waals surface area (Å²) in [5.74, 6) is -1.53. The highest BCUT2D eigenvalue weighted by atomic mass is 19.4. The molecule has 0 fully saturated rings. The normalized spacial score (nSPS) is 14.8. The summed E-state index contributed by atoms with van der Waals surface area (Å²) >= 11 is 0. The lowest BCUT2D eigenvalue weighted by Gasteiger charge is -2.14. The summed E-state index contributed by atoms with van der Waals surface area (Å²) in [7, 11) is 0.767. The summed E-state index contributed by atoms with van der Waals surface area (Å²) in [4.78, 5) is 9.95. The van der Waals surface area contributed by atoms with Gasteiger partial charge in [-0.3, -0.25) is 4.79 Å². The quantitative estimate of drug-likeness (QED) is 0.615. The summed E-state index contributed by atoms with van der Waals surface area (Å²) in [5, 5.41) is 0. The summed E-state index contributed by atoms with van der Waals surface area (Å²) < 4.78 is 38.4. The predicted octanol–water partition coefficient (Wildman–Crippen LogP) is 0.0490. The van der Waals surface area contributed by atoms with E-state index in [1.54, 1.807) is 0 Å². The molecule has 0 spiro atoms. The van der Waals surface area contributed by atoms with Gasteiger partial charge in [0.05, 0.1) is 0 Å². The number of alkyl halides is 3. The Morgan fingerprint density at radius 3 is 2.00 bits per heavy atom. The Hall–Kier alpha value is -0.780. The number of primary amides is 1. The first-order valence-corrected chi connectivity index (χ1v) is 2.28. The predicted molar refractivity (Wildman–Crippen MR) is 26.0 cm³/mol. The van der Waals surface area contributed by atoms with Crippen molar-refractivity contribution in [2.24, 2.45) is 5.73 Å². The molecule has 1 atom stereocenters. The van der Waals surface area contributed by atoms with Crippen LogP contribution < -0.4 is 5.73 Å². The number of hydrogen-bond donors (Lipinski definition) is 1. The van der Waals surface area contributed by atoms with Gasteiger partial charge in [0.2, 0.25) is 6.10 Å². The van der Waals surface area contributed by atoms with Crippen LogP contribution in [0.4, 0.5) is 13.2 Å². The van der Waals surface area contributed by atoms with E-state index < -0.39 is 18.2 Å². The number of carbonyl (C=O) groups excluding carboxylic acids is 1. The zero-order valence-corrected chi connectivity index (χ0v) is 5.11. The molecule has 3 nitrogen and oxygen atoms in total. The molecule has 6 heteroatoms. The topological polar surface area (TPSA) is 52.3 Å². The van der Waals surface area contributed by atoms with Gasteiger partial charge in [0.15, 0.2) is 0 Å². The van der Waals surface area contributed by atoms with Crippen LogP contribution in [-0.4, -0.2) is 25.3 Å². The van der Waals surface area contributed by atoms with Crippen molar-refractivity contribution in [2.45, 2.75) is 12.3 Å². The van der Waals surface area contributed by atoms with Crippen molar-refractivity contribution in [3.05, 3.63) is 0 Å². The van der Waals surface area contributed by atoms with Crippen LogP contribution in [0.3, 0.4) is 0 Å². The molecule has 10 heavy (non-hydrogen) atoms. The van der Waals surface area contributed by atoms with E-state index in [1.807, 2.05) is 0 Å². The minimum atomic E-state index is -4.71. The summed E-state index contributed by atoms with van der Waals surface area (Å²) in [6, 6.07) is 0. The zero-order chi connectivity index (χ0) is 8.36. The number of methoxy groups -OCH3 is 1. The van der Waals surface area contributed by atoms with Crippen molar-refractivity contribution in [3.63, 3.8) is 0 Å². The van der Waals surface area contributed by atoms with E-state index in [1.165, 1.54) is 0 Å². The molecule has 0 aromatic rings. The third-order valence-electron chi connectivity index (χ3n) is 0.791. The van der Waals surface area contributed by atoms with Crippen LogP contribution >= 0.6 is 0 Å². The Morgan fingerprint density at radius 1 is 1.60 bits per heavy atom. The highest BCUT2D eigenvalue weighted by molar-refractivity contribution is 5.79. The molecule has 0 aliphatic heterocycles. The number of hydrogen-bond acceptors (Lipinski definition) is 2. The number of amides is 1. The van der Waals surface area contributed by atoms with Gasteiger partial charge in [0.25, 0.3) is 5.91 Å². The molecule has 1 amide bonds. The van der Waals surface area contributed by atoms with Crippen molar-refractivity contribution in [2.75, 3.05) is 7.11 Å². The first-order chi connectivity index (χ1) is 4.39. The number of rotatable bonds is 2. The molecule has 0 aromatic carbocycles. The number of ether oxygens (including phenoxy) is 1. The van der Waals surface area contributed by atoms with E-state index in [0.717, 1.165) is 7.11 Å². The highest BCUT2D eigenvalue weighted by Crippen LogP contribution is 2.21. The van der Waals surface area contributed by atoms with Gasteiger partial charge in [-0.25, -0.2) is 0 Å². The van der Waals surface area contributed by atoms with E-state index in [9.17, 15) is 18.0 Å². The SMILES string of the molecule is COC(C(N)=O)C(F)(F)F. The van der Waals surface area contributed by atoms with E-state index in [0.29, 0.717) is 0 Å². The molecular formula is C4H6F3NO2. The second kappa shape index (κ2) is 2.87. The Kier molecular flexibility index (Phi) is 2.65. The molecule has 0 bridgehead atoms. The average Bonchev–Trinajstić information content (AvgIpc) is 1.60. The fourth-order valence-electron chi connectivity index (χ4n) is 0.411. The molecule has 0 heterocycles. The highest BCUT2D eigenvalue weighted by Gasteiger charge is 2.44. The van der Waals surface area contributed by atoms with Gasteiger partial charge in [-0.2, -0.15) is 13.2 Å². The molecule has 0 saturated heterocycles. The number of halogens is 3. The van der Waals surface area contributed by atoms with Gasteiger partial charge in [0.1, 0.15) is 0 Å². The molecule has 60 valence electrons. The molecule has 0 saturated carbocycles. The van der Waals surface area contributed by atoms with Crippen molar-refractivity contribution >= 4 is 5.91 Å². The minimum absolute atomic E-state index is 0.767. The first-order valence-electron chi connectivity index (χ1n) is 2.28. The smallest absolute Gasteiger partial charge is 0.367 e. The molecule has 0 aliphatic rings.